The van der Waals surface area contributed by atoms with Crippen molar-refractivity contribution in [2.45, 2.75) is 6.42 Å². The van der Waals surface area contributed by atoms with Gasteiger partial charge in [-0.25, -0.2) is 0 Å². The number of nitrogens with one attached hydrogen (secondary N) is 1. The zero-order valence-electron chi connectivity index (χ0n) is 8.98. The van der Waals surface area contributed by atoms with Gasteiger partial charge in [0.1, 0.15) is 5.69 Å². The van der Waals surface area contributed by atoms with Gasteiger partial charge < -0.3 is 11.1 Å². The first-order chi connectivity index (χ1) is 7.75. The van der Waals surface area contributed by atoms with Gasteiger partial charge in [-0.3, -0.25) is 9.78 Å². The highest BCUT2D eigenvalue weighted by Crippen LogP contribution is 2.23. The minimum absolute atomic E-state index is 0.311. The van der Waals surface area contributed by atoms with Crippen LogP contribution in [0.25, 0.3) is 0 Å². The highest BCUT2D eigenvalue weighted by atomic mass is 32.2. The second-order valence-corrected chi connectivity index (χ2v) is 5.05. The molecule has 3 N–H and O–H groups in total. The molecule has 0 spiro atoms. The van der Waals surface area contributed by atoms with Gasteiger partial charge in [0.2, 0.25) is 0 Å². The van der Waals surface area contributed by atoms with E-state index < -0.39 is 5.91 Å². The van der Waals surface area contributed by atoms with E-state index in [0.29, 0.717) is 5.69 Å². The third-order valence-corrected chi connectivity index (χ3v) is 3.86. The Kier molecular flexibility index (Phi) is 3.66. The van der Waals surface area contributed by atoms with Crippen molar-refractivity contribution in [1.29, 1.82) is 0 Å². The number of amides is 1. The van der Waals surface area contributed by atoms with Crippen LogP contribution in [0.1, 0.15) is 16.9 Å². The molecule has 2 heterocycles. The fourth-order valence-corrected chi connectivity index (χ4v) is 2.97. The quantitative estimate of drug-likeness (QED) is 0.829. The lowest BCUT2D eigenvalue weighted by Gasteiger charge is -2.11. The third kappa shape index (κ3) is 2.88. The standard InChI is InChI=1S/C11H15N3OS/c12-11(15)10-5-9(1-3-13-10)14-6-8-2-4-16-7-8/h1,3,5,8H,2,4,6-7H2,(H2,12,15)(H,13,14). The van der Waals surface area contributed by atoms with Crippen molar-refractivity contribution in [2.24, 2.45) is 11.7 Å². The molecule has 0 aliphatic carbocycles. The average molecular weight is 237 g/mol. The molecule has 1 aromatic rings. The van der Waals surface area contributed by atoms with Crippen LogP contribution in [0.4, 0.5) is 5.69 Å². The number of carbonyl (C=O) groups is 1. The number of nitrogens with zero attached hydrogens (tertiary/aromatic N) is 1. The summed E-state index contributed by atoms with van der Waals surface area (Å²) < 4.78 is 0. The molecule has 1 aliphatic heterocycles. The molecular weight excluding hydrogens is 222 g/mol. The Morgan fingerprint density at radius 1 is 1.69 bits per heavy atom. The highest BCUT2D eigenvalue weighted by Gasteiger charge is 2.14. The van der Waals surface area contributed by atoms with Gasteiger partial charge in [-0.05, 0) is 36.0 Å². The SMILES string of the molecule is NC(=O)c1cc(NCC2CCSC2)ccn1. The molecule has 2 rings (SSSR count). The summed E-state index contributed by atoms with van der Waals surface area (Å²) in [5, 5.41) is 3.32. The second kappa shape index (κ2) is 5.21. The van der Waals surface area contributed by atoms with Crippen LogP contribution in [0.3, 0.4) is 0 Å². The molecule has 1 unspecified atom stereocenters. The second-order valence-electron chi connectivity index (χ2n) is 3.90. The van der Waals surface area contributed by atoms with Crippen LogP contribution < -0.4 is 11.1 Å². The summed E-state index contributed by atoms with van der Waals surface area (Å²) in [6.07, 6.45) is 2.87. The van der Waals surface area contributed by atoms with Crippen LogP contribution in [0, 0.1) is 5.92 Å². The number of hydrogen-bond acceptors (Lipinski definition) is 4. The van der Waals surface area contributed by atoms with E-state index in [0.717, 1.165) is 18.2 Å². The molecule has 1 fully saturated rings. The molecule has 5 heteroatoms. The van der Waals surface area contributed by atoms with E-state index in [-0.39, 0.29) is 0 Å². The molecule has 0 radical (unpaired) electrons. The first kappa shape index (κ1) is 11.3. The lowest BCUT2D eigenvalue weighted by atomic mass is 10.1. The van der Waals surface area contributed by atoms with Crippen molar-refractivity contribution in [2.75, 3.05) is 23.4 Å². The lowest BCUT2D eigenvalue weighted by molar-refractivity contribution is 0.0995. The van der Waals surface area contributed by atoms with Crippen molar-refractivity contribution in [1.82, 2.24) is 4.98 Å². The normalized spacial score (nSPS) is 19.6. The van der Waals surface area contributed by atoms with E-state index in [1.807, 2.05) is 17.8 Å². The first-order valence-electron chi connectivity index (χ1n) is 5.33. The number of hydrogen-bond donors (Lipinski definition) is 2. The Morgan fingerprint density at radius 3 is 3.25 bits per heavy atom. The van der Waals surface area contributed by atoms with E-state index in [9.17, 15) is 4.79 Å². The summed E-state index contributed by atoms with van der Waals surface area (Å²) in [7, 11) is 0. The van der Waals surface area contributed by atoms with Gasteiger partial charge in [0.15, 0.2) is 0 Å². The zero-order chi connectivity index (χ0) is 11.4. The maximum Gasteiger partial charge on any atom is 0.267 e. The Morgan fingerprint density at radius 2 is 2.56 bits per heavy atom. The van der Waals surface area contributed by atoms with Crippen LogP contribution in [0.2, 0.25) is 0 Å². The van der Waals surface area contributed by atoms with Crippen molar-refractivity contribution in [3.05, 3.63) is 24.0 Å². The van der Waals surface area contributed by atoms with Crippen LogP contribution in [0.5, 0.6) is 0 Å². The smallest absolute Gasteiger partial charge is 0.267 e. The predicted molar refractivity (Wildman–Crippen MR) is 66.7 cm³/mol. The number of anilines is 1. The van der Waals surface area contributed by atoms with Crippen LogP contribution in [-0.4, -0.2) is 28.9 Å². The largest absolute Gasteiger partial charge is 0.385 e. The highest BCUT2D eigenvalue weighted by molar-refractivity contribution is 7.99. The third-order valence-electron chi connectivity index (χ3n) is 2.63. The average Bonchev–Trinajstić information content (AvgIpc) is 2.79. The minimum atomic E-state index is -0.486. The van der Waals surface area contributed by atoms with Gasteiger partial charge in [0.25, 0.3) is 5.91 Å². The molecule has 86 valence electrons. The molecule has 0 aromatic carbocycles. The molecule has 0 saturated carbocycles. The Labute approximate surface area is 99.0 Å². The maximum atomic E-state index is 10.9. The van der Waals surface area contributed by atoms with Crippen LogP contribution >= 0.6 is 11.8 Å². The molecule has 4 nitrogen and oxygen atoms in total. The van der Waals surface area contributed by atoms with Crippen LogP contribution in [-0.2, 0) is 0 Å². The van der Waals surface area contributed by atoms with E-state index in [1.165, 1.54) is 17.9 Å². The van der Waals surface area contributed by atoms with Crippen molar-refractivity contribution in [3.63, 3.8) is 0 Å². The molecule has 16 heavy (non-hydrogen) atoms. The fourth-order valence-electron chi connectivity index (χ4n) is 1.68. The maximum absolute atomic E-state index is 10.9. The summed E-state index contributed by atoms with van der Waals surface area (Å²) in [6.45, 7) is 0.954. The van der Waals surface area contributed by atoms with E-state index in [1.54, 1.807) is 12.3 Å². The van der Waals surface area contributed by atoms with Crippen molar-refractivity contribution < 1.29 is 4.79 Å². The van der Waals surface area contributed by atoms with Crippen molar-refractivity contribution >= 4 is 23.4 Å². The van der Waals surface area contributed by atoms with Gasteiger partial charge in [-0.1, -0.05) is 0 Å². The lowest BCUT2D eigenvalue weighted by Crippen LogP contribution is -2.16. The van der Waals surface area contributed by atoms with E-state index in [2.05, 4.69) is 10.3 Å². The molecule has 1 aliphatic rings. The number of pyridine rings is 1. The number of nitrogens with two attached hydrogens (primary N) is 1. The molecule has 1 saturated heterocycles. The number of thioether (sulfide) groups is 1. The topological polar surface area (TPSA) is 68.0 Å². The Balaban J connectivity index is 1.93. The Bertz CT molecular complexity index is 377. The number of aromatic nitrogens is 1. The number of carbonyl (C=O) groups excluding carboxylic acids is 1. The van der Waals surface area contributed by atoms with Gasteiger partial charge in [-0.2, -0.15) is 11.8 Å². The van der Waals surface area contributed by atoms with Crippen LogP contribution in [0.15, 0.2) is 18.3 Å². The molecule has 1 atom stereocenters. The summed E-state index contributed by atoms with van der Waals surface area (Å²) in [6, 6.07) is 3.55. The van der Waals surface area contributed by atoms with Gasteiger partial charge in [0, 0.05) is 18.4 Å². The first-order valence-corrected chi connectivity index (χ1v) is 6.48. The van der Waals surface area contributed by atoms with Crippen molar-refractivity contribution in [3.8, 4) is 0 Å². The number of rotatable bonds is 4. The summed E-state index contributed by atoms with van der Waals surface area (Å²) >= 11 is 2.00. The molecule has 0 bridgehead atoms. The van der Waals surface area contributed by atoms with Gasteiger partial charge in [0.05, 0.1) is 0 Å². The Hall–Kier alpha value is -1.23. The minimum Gasteiger partial charge on any atom is -0.385 e. The van der Waals surface area contributed by atoms with Gasteiger partial charge in [-0.15, -0.1) is 0 Å². The fraction of sp³-hybridized carbons (Fsp3) is 0.455. The summed E-state index contributed by atoms with van der Waals surface area (Å²) in [5.74, 6) is 2.73. The predicted octanol–water partition coefficient (Wildman–Crippen LogP) is 1.35. The molecule has 1 aromatic heterocycles. The zero-order valence-corrected chi connectivity index (χ0v) is 9.80. The van der Waals surface area contributed by atoms with E-state index in [4.69, 9.17) is 5.73 Å². The monoisotopic (exact) mass is 237 g/mol. The van der Waals surface area contributed by atoms with E-state index >= 15 is 0 Å². The summed E-state index contributed by atoms with van der Waals surface area (Å²) in [4.78, 5) is 14.8. The number of primary amides is 1. The summed E-state index contributed by atoms with van der Waals surface area (Å²) in [5.41, 5.74) is 6.40. The molecular formula is C11H15N3OS. The van der Waals surface area contributed by atoms with Gasteiger partial charge >= 0.3 is 0 Å². The molecule has 1 amide bonds.